The minimum atomic E-state index is -1.56. The van der Waals surface area contributed by atoms with E-state index in [1.165, 1.54) is 12.1 Å². The zero-order valence-corrected chi connectivity index (χ0v) is 26.7. The molecule has 5 aromatic carbocycles. The predicted octanol–water partition coefficient (Wildman–Crippen LogP) is 6.48. The first-order valence-corrected chi connectivity index (χ1v) is 16.0. The SMILES string of the molecule is O=C(NC(=S)N[C@@]1(c2cccc(F)c2F)COC(COC(c2ccccc2)(c2ccccc2)c2ccccc2)C1CO)c1ccccc1. The normalized spacial score (nSPS) is 19.1. The predicted molar refractivity (Wildman–Crippen MR) is 183 cm³/mol. The van der Waals surface area contributed by atoms with Crippen molar-refractivity contribution in [3.05, 3.63) is 179 Å². The zero-order valence-electron chi connectivity index (χ0n) is 25.9. The number of hydrogen-bond donors (Lipinski definition) is 3. The van der Waals surface area contributed by atoms with Crippen LogP contribution in [0.3, 0.4) is 0 Å². The molecule has 3 atom stereocenters. The van der Waals surface area contributed by atoms with Gasteiger partial charge in [0, 0.05) is 17.0 Å². The van der Waals surface area contributed by atoms with E-state index in [0.717, 1.165) is 22.8 Å². The number of benzene rings is 5. The topological polar surface area (TPSA) is 79.8 Å². The Kier molecular flexibility index (Phi) is 10.0. The second-order valence-electron chi connectivity index (χ2n) is 11.6. The van der Waals surface area contributed by atoms with Crippen LogP contribution in [0.15, 0.2) is 140 Å². The summed E-state index contributed by atoms with van der Waals surface area (Å²) in [5, 5.41) is 16.5. The number of carbonyl (C=O) groups excluding carboxylic acids is 1. The van der Waals surface area contributed by atoms with Crippen molar-refractivity contribution in [2.24, 2.45) is 5.92 Å². The molecule has 48 heavy (non-hydrogen) atoms. The fourth-order valence-corrected chi connectivity index (χ4v) is 6.79. The first-order valence-electron chi connectivity index (χ1n) is 15.5. The standard InChI is InChI=1S/C39H34F2N2O4S/c40-33-23-13-22-31(35(33)41)38(43-37(48)42-36(45)27-14-5-1-6-15-27)26-46-34(32(38)24-44)25-47-39(28-16-7-2-8-17-28,29-18-9-3-10-19-29)30-20-11-4-12-21-30/h1-23,32,34,44H,24-26H2,(H2,42,43,45,48)/t32?,34?,38-/m1/s1. The number of thiocarbonyl (C=S) groups is 1. The Hall–Kier alpha value is -4.80. The van der Waals surface area contributed by atoms with Gasteiger partial charge in [0.2, 0.25) is 0 Å². The van der Waals surface area contributed by atoms with E-state index in [0.29, 0.717) is 5.56 Å². The monoisotopic (exact) mass is 664 g/mol. The largest absolute Gasteiger partial charge is 0.396 e. The quantitative estimate of drug-likeness (QED) is 0.117. The number of aliphatic hydroxyl groups is 1. The summed E-state index contributed by atoms with van der Waals surface area (Å²) in [6, 6.07) is 41.6. The summed E-state index contributed by atoms with van der Waals surface area (Å²) in [7, 11) is 0. The van der Waals surface area contributed by atoms with E-state index in [9.17, 15) is 14.3 Å². The molecule has 6 nitrogen and oxygen atoms in total. The highest BCUT2D eigenvalue weighted by molar-refractivity contribution is 7.80. The lowest BCUT2D eigenvalue weighted by atomic mass is 9.77. The first kappa shape index (κ1) is 33.1. The van der Waals surface area contributed by atoms with Gasteiger partial charge in [-0.25, -0.2) is 8.78 Å². The highest BCUT2D eigenvalue weighted by Gasteiger charge is 2.53. The van der Waals surface area contributed by atoms with Gasteiger partial charge in [0.05, 0.1) is 31.5 Å². The molecule has 1 heterocycles. The Morgan fingerprint density at radius 2 is 1.33 bits per heavy atom. The lowest BCUT2D eigenvalue weighted by molar-refractivity contribution is -0.0603. The van der Waals surface area contributed by atoms with E-state index in [1.807, 2.05) is 91.0 Å². The van der Waals surface area contributed by atoms with Crippen molar-refractivity contribution in [2.75, 3.05) is 19.8 Å². The lowest BCUT2D eigenvalue weighted by Gasteiger charge is -2.39. The van der Waals surface area contributed by atoms with Crippen molar-refractivity contribution < 1.29 is 28.2 Å². The van der Waals surface area contributed by atoms with Crippen LogP contribution >= 0.6 is 12.2 Å². The molecule has 1 aliphatic heterocycles. The molecule has 9 heteroatoms. The summed E-state index contributed by atoms with van der Waals surface area (Å²) in [4.78, 5) is 12.9. The van der Waals surface area contributed by atoms with Gasteiger partial charge < -0.3 is 19.9 Å². The minimum absolute atomic E-state index is 0.0482. The van der Waals surface area contributed by atoms with Crippen molar-refractivity contribution in [2.45, 2.75) is 17.2 Å². The van der Waals surface area contributed by atoms with Crippen LogP contribution in [0.2, 0.25) is 0 Å². The smallest absolute Gasteiger partial charge is 0.257 e. The average Bonchev–Trinajstić information content (AvgIpc) is 3.48. The minimum Gasteiger partial charge on any atom is -0.396 e. The fraction of sp³-hybridized carbons (Fsp3) is 0.179. The Balaban J connectivity index is 1.37. The van der Waals surface area contributed by atoms with Gasteiger partial charge in [-0.1, -0.05) is 121 Å². The highest BCUT2D eigenvalue weighted by atomic mass is 32.1. The van der Waals surface area contributed by atoms with Crippen molar-refractivity contribution in [1.29, 1.82) is 0 Å². The van der Waals surface area contributed by atoms with Gasteiger partial charge in [-0.2, -0.15) is 0 Å². The van der Waals surface area contributed by atoms with E-state index in [4.69, 9.17) is 21.7 Å². The maximum atomic E-state index is 15.6. The van der Waals surface area contributed by atoms with Crippen LogP contribution in [0.25, 0.3) is 0 Å². The number of rotatable bonds is 10. The molecule has 0 spiro atoms. The number of nitrogens with one attached hydrogen (secondary N) is 2. The molecule has 0 saturated carbocycles. The highest BCUT2D eigenvalue weighted by Crippen LogP contribution is 2.44. The molecule has 1 aliphatic rings. The van der Waals surface area contributed by atoms with Crippen LogP contribution in [-0.2, 0) is 20.6 Å². The third-order valence-electron chi connectivity index (χ3n) is 8.84. The molecule has 3 N–H and O–H groups in total. The Morgan fingerprint density at radius 1 is 0.812 bits per heavy atom. The number of aliphatic hydroxyl groups excluding tert-OH is 1. The fourth-order valence-electron chi connectivity index (χ4n) is 6.51. The lowest BCUT2D eigenvalue weighted by Crippen LogP contribution is -2.57. The van der Waals surface area contributed by atoms with Gasteiger partial charge in [0.25, 0.3) is 5.91 Å². The third kappa shape index (κ3) is 6.37. The summed E-state index contributed by atoms with van der Waals surface area (Å²) < 4.78 is 43.7. The number of ether oxygens (including phenoxy) is 2. The second kappa shape index (κ2) is 14.5. The van der Waals surface area contributed by atoms with Crippen LogP contribution in [0.5, 0.6) is 0 Å². The van der Waals surface area contributed by atoms with Gasteiger partial charge in [-0.15, -0.1) is 0 Å². The van der Waals surface area contributed by atoms with Crippen molar-refractivity contribution in [3.8, 4) is 0 Å². The Morgan fingerprint density at radius 3 is 1.85 bits per heavy atom. The van der Waals surface area contributed by atoms with Gasteiger partial charge in [0.1, 0.15) is 5.60 Å². The van der Waals surface area contributed by atoms with E-state index >= 15 is 4.39 Å². The third-order valence-corrected chi connectivity index (χ3v) is 9.04. The maximum Gasteiger partial charge on any atom is 0.257 e. The second-order valence-corrected chi connectivity index (χ2v) is 12.0. The molecular formula is C39H34F2N2O4S. The number of carbonyl (C=O) groups is 1. The summed E-state index contributed by atoms with van der Waals surface area (Å²) in [5.41, 5.74) is 0.212. The van der Waals surface area contributed by atoms with Crippen molar-refractivity contribution in [3.63, 3.8) is 0 Å². The molecular weight excluding hydrogens is 631 g/mol. The van der Waals surface area contributed by atoms with Crippen LogP contribution < -0.4 is 10.6 Å². The first-order chi connectivity index (χ1) is 23.4. The molecule has 244 valence electrons. The van der Waals surface area contributed by atoms with Crippen LogP contribution in [-0.4, -0.2) is 42.1 Å². The van der Waals surface area contributed by atoms with E-state index < -0.39 is 47.3 Å². The van der Waals surface area contributed by atoms with Crippen molar-refractivity contribution >= 4 is 23.2 Å². The van der Waals surface area contributed by atoms with Gasteiger partial charge in [0.15, 0.2) is 16.7 Å². The molecule has 0 bridgehead atoms. The van der Waals surface area contributed by atoms with E-state index in [1.54, 1.807) is 30.3 Å². The number of hydrogen-bond acceptors (Lipinski definition) is 5. The molecule has 1 amide bonds. The van der Waals surface area contributed by atoms with Gasteiger partial charge in [-0.3, -0.25) is 10.1 Å². The molecule has 5 aromatic rings. The van der Waals surface area contributed by atoms with Gasteiger partial charge >= 0.3 is 0 Å². The zero-order chi connectivity index (χ0) is 33.6. The van der Waals surface area contributed by atoms with Crippen LogP contribution in [0.4, 0.5) is 8.78 Å². The van der Waals surface area contributed by atoms with Crippen LogP contribution in [0.1, 0.15) is 32.6 Å². The van der Waals surface area contributed by atoms with Crippen LogP contribution in [0, 0.1) is 17.6 Å². The summed E-state index contributed by atoms with van der Waals surface area (Å²) >= 11 is 5.54. The molecule has 2 unspecified atom stereocenters. The molecule has 0 aliphatic carbocycles. The van der Waals surface area contributed by atoms with Gasteiger partial charge in [-0.05, 0) is 47.1 Å². The molecule has 0 aromatic heterocycles. The summed E-state index contributed by atoms with van der Waals surface area (Å²) in [6.45, 7) is -0.752. The summed E-state index contributed by atoms with van der Waals surface area (Å²) in [5.74, 6) is -3.56. The van der Waals surface area contributed by atoms with E-state index in [-0.39, 0.29) is 23.9 Å². The Labute approximate surface area is 283 Å². The molecule has 0 radical (unpaired) electrons. The maximum absolute atomic E-state index is 15.6. The number of amides is 1. The number of halogens is 2. The van der Waals surface area contributed by atoms with Crippen molar-refractivity contribution in [1.82, 2.24) is 10.6 Å². The molecule has 6 rings (SSSR count). The van der Waals surface area contributed by atoms with E-state index in [2.05, 4.69) is 10.6 Å². The Bertz CT molecular complexity index is 1750. The molecule has 1 fully saturated rings. The summed E-state index contributed by atoms with van der Waals surface area (Å²) in [6.07, 6.45) is -0.812. The average molecular weight is 665 g/mol. The molecule has 1 saturated heterocycles.